The van der Waals surface area contributed by atoms with Crippen LogP contribution in [-0.2, 0) is 0 Å². The Morgan fingerprint density at radius 2 is 1.86 bits per heavy atom. The average Bonchev–Trinajstić information content (AvgIpc) is 2.36. The van der Waals surface area contributed by atoms with Crippen molar-refractivity contribution >= 4 is 23.2 Å². The molecule has 2 aromatic rings. The van der Waals surface area contributed by atoms with Crippen LogP contribution in [0.15, 0.2) is 30.3 Å². The summed E-state index contributed by atoms with van der Waals surface area (Å²) in [5, 5.41) is 6.48. The van der Waals surface area contributed by atoms with Crippen LogP contribution < -0.4 is 10.6 Å². The first-order valence-electron chi connectivity index (χ1n) is 7.25. The predicted molar refractivity (Wildman–Crippen MR) is 89.9 cm³/mol. The van der Waals surface area contributed by atoms with E-state index in [4.69, 9.17) is 0 Å². The number of hydrogen-bond acceptors (Lipinski definition) is 5. The normalized spacial score (nSPS) is 11.1. The second-order valence-electron chi connectivity index (χ2n) is 6.36. The first-order chi connectivity index (χ1) is 10.2. The zero-order valence-corrected chi connectivity index (χ0v) is 13.7. The maximum atomic E-state index is 11.4. The fourth-order valence-corrected chi connectivity index (χ4v) is 2.02. The van der Waals surface area contributed by atoms with Gasteiger partial charge in [-0.3, -0.25) is 4.79 Å². The van der Waals surface area contributed by atoms with Gasteiger partial charge in [0, 0.05) is 28.6 Å². The molecule has 116 valence electrons. The molecule has 0 unspecified atom stereocenters. The molecule has 0 amide bonds. The van der Waals surface area contributed by atoms with Gasteiger partial charge >= 0.3 is 0 Å². The van der Waals surface area contributed by atoms with E-state index in [1.165, 1.54) is 0 Å². The lowest BCUT2D eigenvalue weighted by Gasteiger charge is -2.21. The van der Waals surface area contributed by atoms with E-state index in [9.17, 15) is 4.79 Å². The average molecular weight is 298 g/mol. The first kappa shape index (κ1) is 15.9. The molecule has 5 nitrogen and oxygen atoms in total. The van der Waals surface area contributed by atoms with Crippen LogP contribution in [0.3, 0.4) is 0 Å². The molecule has 2 N–H and O–H groups in total. The highest BCUT2D eigenvalue weighted by atomic mass is 16.1. The molecule has 0 bridgehead atoms. The monoisotopic (exact) mass is 298 g/mol. The fraction of sp³-hybridized carbons (Fsp3) is 0.353. The summed E-state index contributed by atoms with van der Waals surface area (Å²) < 4.78 is 0. The largest absolute Gasteiger partial charge is 0.365 e. The fourth-order valence-electron chi connectivity index (χ4n) is 2.02. The molecule has 2 rings (SSSR count). The molecule has 1 aromatic carbocycles. The van der Waals surface area contributed by atoms with E-state index in [-0.39, 0.29) is 11.3 Å². The lowest BCUT2D eigenvalue weighted by atomic mass is 10.1. The minimum absolute atomic E-state index is 0.0314. The van der Waals surface area contributed by atoms with Crippen LogP contribution in [0.4, 0.5) is 17.5 Å². The summed E-state index contributed by atoms with van der Waals surface area (Å²) in [6, 6.07) is 9.21. The number of nitrogens with one attached hydrogen (secondary N) is 2. The highest BCUT2D eigenvalue weighted by molar-refractivity contribution is 5.95. The van der Waals surface area contributed by atoms with Gasteiger partial charge in [0.05, 0.1) is 0 Å². The lowest BCUT2D eigenvalue weighted by Crippen LogP contribution is -2.27. The SMILES string of the molecule is CC(=O)c1cccc(Nc2nc(C)cc(NC(C)(C)C)n2)c1. The molecule has 5 heteroatoms. The Morgan fingerprint density at radius 1 is 1.14 bits per heavy atom. The van der Waals surface area contributed by atoms with Crippen molar-refractivity contribution in [3.63, 3.8) is 0 Å². The summed E-state index contributed by atoms with van der Waals surface area (Å²) in [5.74, 6) is 1.31. The molecule has 0 radical (unpaired) electrons. The number of Topliss-reactive ketones (excluding diaryl/α,β-unsaturated/α-hetero) is 1. The van der Waals surface area contributed by atoms with E-state index in [2.05, 4.69) is 41.4 Å². The quantitative estimate of drug-likeness (QED) is 0.837. The van der Waals surface area contributed by atoms with E-state index in [0.29, 0.717) is 11.5 Å². The topological polar surface area (TPSA) is 66.9 Å². The van der Waals surface area contributed by atoms with Crippen LogP contribution in [0.5, 0.6) is 0 Å². The Bertz CT molecular complexity index is 689. The van der Waals surface area contributed by atoms with E-state index in [1.54, 1.807) is 19.1 Å². The van der Waals surface area contributed by atoms with E-state index in [1.807, 2.05) is 25.1 Å². The zero-order valence-electron chi connectivity index (χ0n) is 13.7. The lowest BCUT2D eigenvalue weighted by molar-refractivity contribution is 0.101. The number of rotatable bonds is 4. The summed E-state index contributed by atoms with van der Waals surface area (Å²) in [6.45, 7) is 9.70. The van der Waals surface area contributed by atoms with Crippen molar-refractivity contribution in [3.8, 4) is 0 Å². The maximum absolute atomic E-state index is 11.4. The van der Waals surface area contributed by atoms with Crippen LogP contribution in [0.25, 0.3) is 0 Å². The van der Waals surface area contributed by atoms with Gasteiger partial charge in [0.1, 0.15) is 5.82 Å². The number of ketones is 1. The van der Waals surface area contributed by atoms with Gasteiger partial charge in [0.25, 0.3) is 0 Å². The van der Waals surface area contributed by atoms with Gasteiger partial charge < -0.3 is 10.6 Å². The van der Waals surface area contributed by atoms with Gasteiger partial charge in [0.2, 0.25) is 5.95 Å². The summed E-state index contributed by atoms with van der Waals surface area (Å²) in [5.41, 5.74) is 2.24. The molecule has 22 heavy (non-hydrogen) atoms. The van der Waals surface area contributed by atoms with Crippen LogP contribution in [-0.4, -0.2) is 21.3 Å². The minimum atomic E-state index is -0.0768. The smallest absolute Gasteiger partial charge is 0.229 e. The molecule has 0 fully saturated rings. The van der Waals surface area contributed by atoms with E-state index < -0.39 is 0 Å². The van der Waals surface area contributed by atoms with Crippen molar-refractivity contribution in [2.75, 3.05) is 10.6 Å². The molecular weight excluding hydrogens is 276 g/mol. The summed E-state index contributed by atoms with van der Waals surface area (Å²) in [4.78, 5) is 20.3. The predicted octanol–water partition coefficient (Wildman–Crippen LogP) is 3.94. The van der Waals surface area contributed by atoms with Crippen LogP contribution in [0.2, 0.25) is 0 Å². The van der Waals surface area contributed by atoms with Crippen LogP contribution in [0, 0.1) is 6.92 Å². The molecule has 0 aliphatic carbocycles. The van der Waals surface area contributed by atoms with Gasteiger partial charge in [-0.05, 0) is 46.8 Å². The molecule has 0 spiro atoms. The third kappa shape index (κ3) is 4.55. The number of aromatic nitrogens is 2. The van der Waals surface area contributed by atoms with Gasteiger partial charge in [-0.1, -0.05) is 12.1 Å². The van der Waals surface area contributed by atoms with Crippen molar-refractivity contribution in [1.29, 1.82) is 0 Å². The van der Waals surface area contributed by atoms with Crippen molar-refractivity contribution in [3.05, 3.63) is 41.6 Å². The van der Waals surface area contributed by atoms with Gasteiger partial charge in [-0.15, -0.1) is 0 Å². The number of carbonyl (C=O) groups excluding carboxylic acids is 1. The van der Waals surface area contributed by atoms with Gasteiger partial charge in [-0.25, -0.2) is 4.98 Å². The highest BCUT2D eigenvalue weighted by Gasteiger charge is 2.12. The Labute approximate surface area is 131 Å². The molecule has 0 aliphatic rings. The zero-order chi connectivity index (χ0) is 16.3. The highest BCUT2D eigenvalue weighted by Crippen LogP contribution is 2.19. The number of benzene rings is 1. The van der Waals surface area contributed by atoms with Crippen LogP contribution >= 0.6 is 0 Å². The Balaban J connectivity index is 2.26. The molecule has 1 heterocycles. The minimum Gasteiger partial charge on any atom is -0.365 e. The maximum Gasteiger partial charge on any atom is 0.229 e. The third-order valence-corrected chi connectivity index (χ3v) is 2.88. The van der Waals surface area contributed by atoms with Crippen molar-refractivity contribution in [1.82, 2.24) is 9.97 Å². The molecule has 1 aromatic heterocycles. The summed E-state index contributed by atoms with van der Waals surface area (Å²) >= 11 is 0. The molecule has 0 saturated heterocycles. The Kier molecular flexibility index (Phi) is 4.45. The second kappa shape index (κ2) is 6.13. The van der Waals surface area contributed by atoms with Crippen LogP contribution in [0.1, 0.15) is 43.7 Å². The standard InChI is InChI=1S/C17H22N4O/c1-11-9-15(21-17(3,4)5)20-16(18-11)19-14-8-6-7-13(10-14)12(2)22/h6-10H,1-5H3,(H2,18,19,20,21). The van der Waals surface area contributed by atoms with Crippen molar-refractivity contribution < 1.29 is 4.79 Å². The number of anilines is 3. The molecule has 0 saturated carbocycles. The Morgan fingerprint density at radius 3 is 2.50 bits per heavy atom. The summed E-state index contributed by atoms with van der Waals surface area (Å²) in [7, 11) is 0. The third-order valence-electron chi connectivity index (χ3n) is 2.88. The van der Waals surface area contributed by atoms with Gasteiger partial charge in [0.15, 0.2) is 5.78 Å². The van der Waals surface area contributed by atoms with Crippen molar-refractivity contribution in [2.45, 2.75) is 40.2 Å². The number of carbonyl (C=O) groups is 1. The Hall–Kier alpha value is -2.43. The van der Waals surface area contributed by atoms with E-state index in [0.717, 1.165) is 17.2 Å². The number of nitrogens with zero attached hydrogens (tertiary/aromatic N) is 2. The first-order valence-corrected chi connectivity index (χ1v) is 7.25. The molecular formula is C17H22N4O. The number of hydrogen-bond donors (Lipinski definition) is 2. The van der Waals surface area contributed by atoms with Gasteiger partial charge in [-0.2, -0.15) is 4.98 Å². The summed E-state index contributed by atoms with van der Waals surface area (Å²) in [6.07, 6.45) is 0. The number of aryl methyl sites for hydroxylation is 1. The molecule has 0 atom stereocenters. The molecule has 0 aliphatic heterocycles. The van der Waals surface area contributed by atoms with Crippen molar-refractivity contribution in [2.24, 2.45) is 0 Å². The second-order valence-corrected chi connectivity index (χ2v) is 6.36. The van der Waals surface area contributed by atoms with E-state index >= 15 is 0 Å².